The standard InChI is InChI=1S/C22H27NO/c1-16-11-12-19-18-9-6-10-22(24-2)20(18)13-14-21(19)23(16)15-17-7-4-3-5-8-17/h3-10,14,16,18-20H,11-13,15H2,1-2H3/t16?,18?,19-,20?/m0/s1. The van der Waals surface area contributed by atoms with Crippen LogP contribution in [0.5, 0.6) is 0 Å². The number of likely N-dealkylation sites (tertiary alicyclic amines) is 1. The summed E-state index contributed by atoms with van der Waals surface area (Å²) >= 11 is 0. The van der Waals surface area contributed by atoms with Crippen LogP contribution in [0.4, 0.5) is 0 Å². The first-order valence-corrected chi connectivity index (χ1v) is 9.21. The van der Waals surface area contributed by atoms with Crippen molar-refractivity contribution >= 4 is 0 Å². The summed E-state index contributed by atoms with van der Waals surface area (Å²) in [6.45, 7) is 3.40. The van der Waals surface area contributed by atoms with Crippen LogP contribution in [0.25, 0.3) is 0 Å². The quantitative estimate of drug-likeness (QED) is 0.784. The van der Waals surface area contributed by atoms with Gasteiger partial charge in [-0.3, -0.25) is 0 Å². The Labute approximate surface area is 145 Å². The Hall–Kier alpha value is -1.96. The first-order valence-electron chi connectivity index (χ1n) is 9.21. The van der Waals surface area contributed by atoms with Crippen molar-refractivity contribution in [3.8, 4) is 0 Å². The van der Waals surface area contributed by atoms with Gasteiger partial charge in [-0.2, -0.15) is 0 Å². The molecule has 1 fully saturated rings. The van der Waals surface area contributed by atoms with Gasteiger partial charge in [0.25, 0.3) is 0 Å². The maximum atomic E-state index is 5.65. The normalized spacial score (nSPS) is 31.7. The third-order valence-electron chi connectivity index (χ3n) is 6.04. The summed E-state index contributed by atoms with van der Waals surface area (Å²) in [4.78, 5) is 2.65. The van der Waals surface area contributed by atoms with Crippen LogP contribution in [0.3, 0.4) is 0 Å². The zero-order valence-corrected chi connectivity index (χ0v) is 14.7. The Morgan fingerprint density at radius 3 is 2.75 bits per heavy atom. The highest BCUT2D eigenvalue weighted by molar-refractivity contribution is 5.29. The molecule has 24 heavy (non-hydrogen) atoms. The van der Waals surface area contributed by atoms with Gasteiger partial charge in [0.2, 0.25) is 0 Å². The number of benzene rings is 1. The molecule has 2 heteroatoms. The van der Waals surface area contributed by atoms with Crippen molar-refractivity contribution in [1.29, 1.82) is 0 Å². The first kappa shape index (κ1) is 15.6. The molecule has 0 bridgehead atoms. The SMILES string of the molecule is COC1=CC=CC2C1CC=C1[C@H]2CCC(C)N1Cc1ccccc1. The number of fused-ring (bicyclic) bond motifs is 3. The fourth-order valence-electron chi connectivity index (χ4n) is 4.76. The lowest BCUT2D eigenvalue weighted by Gasteiger charge is -2.49. The largest absolute Gasteiger partial charge is 0.501 e. The molecule has 4 atom stereocenters. The van der Waals surface area contributed by atoms with Crippen molar-refractivity contribution in [2.45, 2.75) is 38.8 Å². The number of hydrogen-bond donors (Lipinski definition) is 0. The fourth-order valence-corrected chi connectivity index (χ4v) is 4.76. The zero-order valence-electron chi connectivity index (χ0n) is 14.7. The van der Waals surface area contributed by atoms with Crippen molar-refractivity contribution < 1.29 is 4.74 Å². The number of methoxy groups -OCH3 is 1. The van der Waals surface area contributed by atoms with Crippen LogP contribution in [0.15, 0.2) is 66.1 Å². The van der Waals surface area contributed by atoms with Crippen molar-refractivity contribution in [1.82, 2.24) is 4.90 Å². The van der Waals surface area contributed by atoms with Crippen LogP contribution in [-0.4, -0.2) is 18.1 Å². The highest BCUT2D eigenvalue weighted by Gasteiger charge is 2.41. The summed E-state index contributed by atoms with van der Waals surface area (Å²) in [7, 11) is 1.81. The third-order valence-corrected chi connectivity index (χ3v) is 6.04. The molecule has 1 aromatic carbocycles. The smallest absolute Gasteiger partial charge is 0.0995 e. The predicted octanol–water partition coefficient (Wildman–Crippen LogP) is 4.91. The average Bonchev–Trinajstić information content (AvgIpc) is 2.64. The summed E-state index contributed by atoms with van der Waals surface area (Å²) in [5, 5.41) is 0. The van der Waals surface area contributed by atoms with Gasteiger partial charge in [0.1, 0.15) is 0 Å². The maximum Gasteiger partial charge on any atom is 0.0995 e. The Balaban J connectivity index is 1.62. The lowest BCUT2D eigenvalue weighted by molar-refractivity contribution is 0.107. The van der Waals surface area contributed by atoms with Crippen LogP contribution in [0, 0.1) is 17.8 Å². The molecule has 3 unspecified atom stereocenters. The lowest BCUT2D eigenvalue weighted by atomic mass is 9.67. The minimum absolute atomic E-state index is 0.528. The second-order valence-electron chi connectivity index (χ2n) is 7.35. The topological polar surface area (TPSA) is 12.5 Å². The number of ether oxygens (including phenoxy) is 1. The molecule has 1 aromatic rings. The van der Waals surface area contributed by atoms with E-state index in [2.05, 4.69) is 66.5 Å². The number of rotatable bonds is 3. The maximum absolute atomic E-state index is 5.65. The Morgan fingerprint density at radius 1 is 1.12 bits per heavy atom. The van der Waals surface area contributed by atoms with Gasteiger partial charge in [0.15, 0.2) is 0 Å². The monoisotopic (exact) mass is 321 g/mol. The van der Waals surface area contributed by atoms with E-state index in [1.807, 2.05) is 7.11 Å². The Morgan fingerprint density at radius 2 is 1.96 bits per heavy atom. The van der Waals surface area contributed by atoms with Crippen LogP contribution in [-0.2, 0) is 11.3 Å². The number of nitrogens with zero attached hydrogens (tertiary/aromatic N) is 1. The molecule has 2 aliphatic carbocycles. The molecular formula is C22H27NO. The summed E-state index contributed by atoms with van der Waals surface area (Å²) < 4.78 is 5.65. The molecule has 2 nitrogen and oxygen atoms in total. The second-order valence-corrected chi connectivity index (χ2v) is 7.35. The Bertz CT molecular complexity index is 672. The van der Waals surface area contributed by atoms with Crippen LogP contribution in [0.1, 0.15) is 31.7 Å². The highest BCUT2D eigenvalue weighted by Crippen LogP contribution is 2.47. The number of piperidine rings is 1. The van der Waals surface area contributed by atoms with Gasteiger partial charge in [-0.25, -0.2) is 0 Å². The van der Waals surface area contributed by atoms with Gasteiger partial charge in [0, 0.05) is 30.1 Å². The highest BCUT2D eigenvalue weighted by atomic mass is 16.5. The lowest BCUT2D eigenvalue weighted by Crippen LogP contribution is -2.44. The van der Waals surface area contributed by atoms with E-state index in [0.717, 1.165) is 18.7 Å². The van der Waals surface area contributed by atoms with Crippen molar-refractivity contribution in [2.24, 2.45) is 17.8 Å². The van der Waals surface area contributed by atoms with Crippen molar-refractivity contribution in [3.05, 3.63) is 71.7 Å². The summed E-state index contributed by atoms with van der Waals surface area (Å²) in [6, 6.07) is 11.5. The molecule has 126 valence electrons. The molecule has 0 saturated carbocycles. The molecule has 1 heterocycles. The third kappa shape index (κ3) is 2.68. The fraction of sp³-hybridized carbons (Fsp3) is 0.455. The molecule has 1 aliphatic heterocycles. The number of hydrogen-bond acceptors (Lipinski definition) is 2. The van der Waals surface area contributed by atoms with E-state index in [1.165, 1.54) is 18.4 Å². The molecule has 3 aliphatic rings. The molecular weight excluding hydrogens is 294 g/mol. The molecule has 0 aromatic heterocycles. The van der Waals surface area contributed by atoms with Crippen LogP contribution in [0.2, 0.25) is 0 Å². The van der Waals surface area contributed by atoms with Gasteiger partial charge < -0.3 is 9.64 Å². The summed E-state index contributed by atoms with van der Waals surface area (Å²) in [5.74, 6) is 2.92. The van der Waals surface area contributed by atoms with E-state index in [1.54, 1.807) is 5.70 Å². The average molecular weight is 321 g/mol. The van der Waals surface area contributed by atoms with E-state index in [0.29, 0.717) is 23.8 Å². The van der Waals surface area contributed by atoms with Gasteiger partial charge in [-0.1, -0.05) is 48.6 Å². The van der Waals surface area contributed by atoms with E-state index in [4.69, 9.17) is 4.74 Å². The number of allylic oxidation sites excluding steroid dienone is 6. The van der Waals surface area contributed by atoms with Crippen molar-refractivity contribution in [3.63, 3.8) is 0 Å². The molecule has 0 radical (unpaired) electrons. The molecule has 0 amide bonds. The first-order chi connectivity index (χ1) is 11.8. The van der Waals surface area contributed by atoms with Crippen LogP contribution < -0.4 is 0 Å². The van der Waals surface area contributed by atoms with Crippen molar-refractivity contribution in [2.75, 3.05) is 7.11 Å². The minimum atomic E-state index is 0.528. The second kappa shape index (κ2) is 6.51. The molecule has 0 spiro atoms. The zero-order chi connectivity index (χ0) is 16.5. The molecule has 4 rings (SSSR count). The van der Waals surface area contributed by atoms with E-state index in [9.17, 15) is 0 Å². The molecule has 1 saturated heterocycles. The van der Waals surface area contributed by atoms with Gasteiger partial charge >= 0.3 is 0 Å². The minimum Gasteiger partial charge on any atom is -0.501 e. The predicted molar refractivity (Wildman–Crippen MR) is 98.1 cm³/mol. The van der Waals surface area contributed by atoms with E-state index in [-0.39, 0.29) is 0 Å². The molecule has 0 N–H and O–H groups in total. The van der Waals surface area contributed by atoms with E-state index < -0.39 is 0 Å². The van der Waals surface area contributed by atoms with Gasteiger partial charge in [0.05, 0.1) is 12.9 Å². The summed E-state index contributed by atoms with van der Waals surface area (Å²) in [5.41, 5.74) is 2.98. The van der Waals surface area contributed by atoms with E-state index >= 15 is 0 Å². The van der Waals surface area contributed by atoms with Crippen LogP contribution >= 0.6 is 0 Å². The van der Waals surface area contributed by atoms with Gasteiger partial charge in [-0.05, 0) is 43.7 Å². The van der Waals surface area contributed by atoms with Gasteiger partial charge in [-0.15, -0.1) is 0 Å². The summed E-state index contributed by atoms with van der Waals surface area (Å²) in [6.07, 6.45) is 12.9. The Kier molecular flexibility index (Phi) is 4.22.